The van der Waals surface area contributed by atoms with Crippen LogP contribution in [0.15, 0.2) is 29.4 Å². The predicted octanol–water partition coefficient (Wildman–Crippen LogP) is 0.873. The molecule has 0 bridgehead atoms. The smallest absolute Gasteiger partial charge is 0.349 e. The Hall–Kier alpha value is -3.53. The Balaban J connectivity index is 2.71. The Labute approximate surface area is 254 Å². The molecule has 14 nitrogen and oxygen atoms in total. The van der Waals surface area contributed by atoms with Crippen LogP contribution in [-0.4, -0.2) is 102 Å². The topological polar surface area (TPSA) is 241 Å². The molecule has 1 heterocycles. The third kappa shape index (κ3) is 9.74. The third-order valence-corrected chi connectivity index (χ3v) is 6.81. The molecule has 0 amide bonds. The second-order valence-electron chi connectivity index (χ2n) is 11.5. The Kier molecular flexibility index (Phi) is 12.9. The molecule has 44 heavy (non-hydrogen) atoms. The van der Waals surface area contributed by atoms with E-state index in [1.54, 1.807) is 39.8 Å². The summed E-state index contributed by atoms with van der Waals surface area (Å²) in [6, 6.07) is 1.33. The fraction of sp³-hybridized carbons (Fsp3) is 0.567. The second-order valence-corrected chi connectivity index (χ2v) is 11.5. The van der Waals surface area contributed by atoms with Crippen LogP contribution in [-0.2, 0) is 36.7 Å². The molecule has 1 fully saturated rings. The number of carbonyl (C=O) groups is 3. The molecule has 2 rings (SSSR count). The maximum Gasteiger partial charge on any atom is 0.349 e. The van der Waals surface area contributed by atoms with E-state index >= 15 is 0 Å². The number of phenolic OH excluding ortho intramolecular Hbond substituents is 1. The molecule has 8 N–H and O–H groups in total. The molecule has 1 aromatic carbocycles. The minimum absolute atomic E-state index is 0.0377. The monoisotopic (exact) mass is 626 g/mol. The van der Waals surface area contributed by atoms with Crippen LogP contribution >= 0.6 is 0 Å². The number of esters is 1. The first-order valence-electron chi connectivity index (χ1n) is 13.9. The lowest BCUT2D eigenvalue weighted by Gasteiger charge is -2.40. The van der Waals surface area contributed by atoms with Crippen molar-refractivity contribution >= 4 is 17.9 Å². The number of carbonyl (C=O) groups excluding carboxylic acids is 1. The number of aliphatic hydroxyl groups is 5. The summed E-state index contributed by atoms with van der Waals surface area (Å²) in [5.41, 5.74) is -0.427. The summed E-state index contributed by atoms with van der Waals surface area (Å²) in [5, 5.41) is 81.4. The average molecular weight is 627 g/mol. The van der Waals surface area contributed by atoms with Gasteiger partial charge in [-0.05, 0) is 53.5 Å². The maximum atomic E-state index is 12.7. The summed E-state index contributed by atoms with van der Waals surface area (Å²) in [4.78, 5) is 36.2. The summed E-state index contributed by atoms with van der Waals surface area (Å²) in [7, 11) is 0. The highest BCUT2D eigenvalue weighted by Crippen LogP contribution is 2.42. The number of carboxylic acid groups (broad SMARTS) is 2. The number of aliphatic hydroxyl groups excluding tert-OH is 4. The van der Waals surface area contributed by atoms with Crippen molar-refractivity contribution in [2.45, 2.75) is 103 Å². The number of phenols is 1. The molecule has 2 unspecified atom stereocenters. The maximum absolute atomic E-state index is 12.7. The molecule has 246 valence electrons. The molecular formula is C30H42O14. The lowest BCUT2D eigenvalue weighted by atomic mass is 9.92. The number of benzene rings is 1. The largest absolute Gasteiger partial charge is 0.504 e. The second kappa shape index (κ2) is 15.5. The zero-order chi connectivity index (χ0) is 33.5. The summed E-state index contributed by atoms with van der Waals surface area (Å²) < 4.78 is 16.5. The first-order valence-corrected chi connectivity index (χ1v) is 13.9. The normalized spacial score (nSPS) is 23.5. The van der Waals surface area contributed by atoms with Crippen molar-refractivity contribution in [3.05, 3.63) is 46.1 Å². The number of aliphatic carboxylic acids is 2. The molecule has 1 aromatic rings. The van der Waals surface area contributed by atoms with Gasteiger partial charge in [-0.1, -0.05) is 23.3 Å². The van der Waals surface area contributed by atoms with Gasteiger partial charge < -0.3 is 55.1 Å². The zero-order valence-corrected chi connectivity index (χ0v) is 25.3. The summed E-state index contributed by atoms with van der Waals surface area (Å²) >= 11 is 0. The number of hydrogen-bond acceptors (Lipinski definition) is 12. The van der Waals surface area contributed by atoms with Gasteiger partial charge in [0.05, 0.1) is 25.0 Å². The fourth-order valence-corrected chi connectivity index (χ4v) is 4.52. The van der Waals surface area contributed by atoms with E-state index in [1.165, 1.54) is 6.07 Å². The van der Waals surface area contributed by atoms with Gasteiger partial charge in [-0.15, -0.1) is 0 Å². The molecule has 1 aliphatic rings. The molecule has 0 spiro atoms. The van der Waals surface area contributed by atoms with E-state index in [9.17, 15) is 50.1 Å². The van der Waals surface area contributed by atoms with Gasteiger partial charge >= 0.3 is 17.9 Å². The predicted molar refractivity (Wildman–Crippen MR) is 153 cm³/mol. The van der Waals surface area contributed by atoms with Gasteiger partial charge in [0.15, 0.2) is 11.5 Å². The van der Waals surface area contributed by atoms with Crippen LogP contribution < -0.4 is 4.74 Å². The quantitative estimate of drug-likeness (QED) is 0.106. The molecule has 0 aromatic heterocycles. The molecule has 0 saturated carbocycles. The van der Waals surface area contributed by atoms with Gasteiger partial charge in [-0.25, -0.2) is 4.79 Å². The molecule has 0 radical (unpaired) electrons. The Bertz CT molecular complexity index is 1260. The van der Waals surface area contributed by atoms with E-state index in [0.717, 1.165) is 18.1 Å². The number of ether oxygens (including phenoxy) is 3. The van der Waals surface area contributed by atoms with Crippen LogP contribution in [0, 0.1) is 0 Å². The first-order chi connectivity index (χ1) is 20.4. The van der Waals surface area contributed by atoms with Crippen LogP contribution in [0.3, 0.4) is 0 Å². The molecule has 1 aliphatic heterocycles. The summed E-state index contributed by atoms with van der Waals surface area (Å²) in [6.45, 7) is 7.44. The Morgan fingerprint density at radius 1 is 0.977 bits per heavy atom. The van der Waals surface area contributed by atoms with Gasteiger partial charge in [0.1, 0.15) is 24.4 Å². The van der Waals surface area contributed by atoms with E-state index < -0.39 is 85.5 Å². The van der Waals surface area contributed by atoms with Crippen LogP contribution in [0.2, 0.25) is 0 Å². The van der Waals surface area contributed by atoms with Gasteiger partial charge in [-0.3, -0.25) is 9.59 Å². The lowest BCUT2D eigenvalue weighted by Crippen LogP contribution is -2.60. The SMILES string of the molecule is CC(C)=CCc1cc(C(OC(=O)CC(C)(O)CC(=O)O)C(=O)O)c(CC=C(C)C)c(O)c1O[C@@H]1O[C@H](CO)[C@@H](O)[C@H](O)[C@H]1O. The van der Waals surface area contributed by atoms with Crippen molar-refractivity contribution in [1.29, 1.82) is 0 Å². The minimum atomic E-state index is -2.03. The van der Waals surface area contributed by atoms with E-state index in [1.807, 2.05) is 0 Å². The van der Waals surface area contributed by atoms with E-state index in [-0.39, 0.29) is 35.3 Å². The number of aromatic hydroxyl groups is 1. The van der Waals surface area contributed by atoms with Crippen LogP contribution in [0.5, 0.6) is 11.5 Å². The van der Waals surface area contributed by atoms with Crippen molar-refractivity contribution < 1.29 is 69.4 Å². The van der Waals surface area contributed by atoms with Crippen molar-refractivity contribution in [2.75, 3.05) is 6.61 Å². The van der Waals surface area contributed by atoms with Crippen LogP contribution in [0.25, 0.3) is 0 Å². The number of allylic oxidation sites excluding steroid dienone is 4. The molecule has 7 atom stereocenters. The lowest BCUT2D eigenvalue weighted by molar-refractivity contribution is -0.277. The highest BCUT2D eigenvalue weighted by Gasteiger charge is 2.45. The molecule has 14 heteroatoms. The minimum Gasteiger partial charge on any atom is -0.504 e. The van der Waals surface area contributed by atoms with Gasteiger partial charge in [0.2, 0.25) is 12.4 Å². The zero-order valence-electron chi connectivity index (χ0n) is 25.3. The summed E-state index contributed by atoms with van der Waals surface area (Å²) in [5.74, 6) is -5.05. The molecule has 1 saturated heterocycles. The van der Waals surface area contributed by atoms with E-state index in [4.69, 9.17) is 19.3 Å². The average Bonchev–Trinajstić information content (AvgIpc) is 2.89. The molecule has 0 aliphatic carbocycles. The summed E-state index contributed by atoms with van der Waals surface area (Å²) in [6.07, 6.45) is -8.50. The van der Waals surface area contributed by atoms with Crippen LogP contribution in [0.1, 0.15) is 70.3 Å². The number of rotatable bonds is 14. The van der Waals surface area contributed by atoms with Gasteiger partial charge in [0, 0.05) is 16.7 Å². The van der Waals surface area contributed by atoms with Crippen molar-refractivity contribution in [3.63, 3.8) is 0 Å². The van der Waals surface area contributed by atoms with Crippen molar-refractivity contribution in [3.8, 4) is 11.5 Å². The third-order valence-electron chi connectivity index (χ3n) is 6.81. The van der Waals surface area contributed by atoms with Crippen molar-refractivity contribution in [2.24, 2.45) is 0 Å². The number of carboxylic acids is 2. The van der Waals surface area contributed by atoms with E-state index in [2.05, 4.69) is 0 Å². The highest BCUT2D eigenvalue weighted by atomic mass is 16.7. The van der Waals surface area contributed by atoms with E-state index in [0.29, 0.717) is 0 Å². The fourth-order valence-electron chi connectivity index (χ4n) is 4.52. The number of hydrogen-bond donors (Lipinski definition) is 8. The Morgan fingerprint density at radius 2 is 1.57 bits per heavy atom. The highest BCUT2D eigenvalue weighted by molar-refractivity contribution is 5.81. The Morgan fingerprint density at radius 3 is 2.09 bits per heavy atom. The van der Waals surface area contributed by atoms with Gasteiger partial charge in [-0.2, -0.15) is 0 Å². The van der Waals surface area contributed by atoms with Crippen molar-refractivity contribution in [1.82, 2.24) is 0 Å². The van der Waals surface area contributed by atoms with Crippen LogP contribution in [0.4, 0.5) is 0 Å². The molecular weight excluding hydrogens is 584 g/mol. The standard InChI is InChI=1S/C30H42O14/c1-14(2)6-8-16-10-18(27(28(39)40)43-21(34)12-30(5,41)11-20(32)33)17(9-7-15(3)4)22(35)26(16)44-29-25(38)24(37)23(36)19(13-31)42-29/h6-7,10,19,23-25,27,29,31,35-38,41H,8-9,11-13H2,1-5H3,(H,32,33)(H,39,40)/t19-,23-,24+,25-,27?,29+,30?/m1/s1. The van der Waals surface area contributed by atoms with Gasteiger partial charge in [0.25, 0.3) is 0 Å². The first kappa shape index (κ1) is 36.7.